The van der Waals surface area contributed by atoms with Gasteiger partial charge >= 0.3 is 6.18 Å². The summed E-state index contributed by atoms with van der Waals surface area (Å²) in [7, 11) is 0. The van der Waals surface area contributed by atoms with Crippen molar-refractivity contribution in [3.8, 4) is 0 Å². The summed E-state index contributed by atoms with van der Waals surface area (Å²) in [6.07, 6.45) is -3.82. The summed E-state index contributed by atoms with van der Waals surface area (Å²) in [6, 6.07) is 2.95. The molecule has 1 aromatic carbocycles. The van der Waals surface area contributed by atoms with Gasteiger partial charge in [0.25, 0.3) is 6.02 Å². The van der Waals surface area contributed by atoms with Crippen LogP contribution in [-0.2, 0) is 17.3 Å². The molecular formula is C12H12F4N2O. The first-order chi connectivity index (χ1) is 8.86. The summed E-state index contributed by atoms with van der Waals surface area (Å²) in [5.41, 5.74) is 4.50. The van der Waals surface area contributed by atoms with Crippen LogP contribution < -0.4 is 5.73 Å². The van der Waals surface area contributed by atoms with Crippen molar-refractivity contribution in [3.05, 3.63) is 35.1 Å². The second-order valence-corrected chi connectivity index (χ2v) is 4.28. The van der Waals surface area contributed by atoms with Crippen LogP contribution in [0.1, 0.15) is 17.5 Å². The van der Waals surface area contributed by atoms with Crippen LogP contribution in [0.15, 0.2) is 23.2 Å². The number of nitrogens with zero attached hydrogens (tertiary/aromatic N) is 1. The van der Waals surface area contributed by atoms with Crippen molar-refractivity contribution in [2.75, 3.05) is 6.61 Å². The fraction of sp³-hybridized carbons (Fsp3) is 0.417. The van der Waals surface area contributed by atoms with E-state index in [9.17, 15) is 17.6 Å². The minimum absolute atomic E-state index is 0.0973. The van der Waals surface area contributed by atoms with Gasteiger partial charge in [-0.2, -0.15) is 13.2 Å². The lowest BCUT2D eigenvalue weighted by atomic mass is 10.0. The highest BCUT2D eigenvalue weighted by Crippen LogP contribution is 2.32. The summed E-state index contributed by atoms with van der Waals surface area (Å²) in [5.74, 6) is -1.26. The fourth-order valence-electron chi connectivity index (χ4n) is 1.86. The number of aryl methyl sites for hydroxylation is 1. The first kappa shape index (κ1) is 13.6. The van der Waals surface area contributed by atoms with E-state index < -0.39 is 17.6 Å². The van der Waals surface area contributed by atoms with E-state index in [0.717, 1.165) is 12.1 Å². The number of aliphatic imine (C=N–C) groups is 1. The zero-order valence-corrected chi connectivity index (χ0v) is 9.88. The van der Waals surface area contributed by atoms with Crippen molar-refractivity contribution < 1.29 is 22.3 Å². The number of hydrogen-bond donors (Lipinski definition) is 1. The van der Waals surface area contributed by atoms with E-state index in [4.69, 9.17) is 10.5 Å². The van der Waals surface area contributed by atoms with Crippen molar-refractivity contribution in [1.29, 1.82) is 0 Å². The van der Waals surface area contributed by atoms with Crippen molar-refractivity contribution in [1.82, 2.24) is 0 Å². The van der Waals surface area contributed by atoms with E-state index in [1.807, 2.05) is 0 Å². The number of amidine groups is 1. The molecule has 7 heteroatoms. The molecule has 0 aliphatic carbocycles. The third-order valence-electron chi connectivity index (χ3n) is 2.84. The molecule has 3 nitrogen and oxygen atoms in total. The Morgan fingerprint density at radius 3 is 2.68 bits per heavy atom. The second kappa shape index (κ2) is 5.07. The van der Waals surface area contributed by atoms with Gasteiger partial charge in [0.05, 0.1) is 11.6 Å². The summed E-state index contributed by atoms with van der Waals surface area (Å²) in [6.45, 7) is 0.332. The van der Waals surface area contributed by atoms with Crippen molar-refractivity contribution >= 4 is 6.02 Å². The van der Waals surface area contributed by atoms with Gasteiger partial charge in [0, 0.05) is 0 Å². The Hall–Kier alpha value is -1.79. The molecule has 19 heavy (non-hydrogen) atoms. The lowest BCUT2D eigenvalue weighted by Crippen LogP contribution is -2.11. The topological polar surface area (TPSA) is 47.6 Å². The molecule has 0 aromatic heterocycles. The number of benzene rings is 1. The summed E-state index contributed by atoms with van der Waals surface area (Å²) < 4.78 is 55.6. The highest BCUT2D eigenvalue weighted by molar-refractivity contribution is 5.72. The standard InChI is InChI=1S/C12H12F4N2O/c13-10-4-2-7(5-9(10)12(14,15)16)1-3-8-6-19-11(17)18-8/h2,4-5,8H,1,3,6H2,(H2,17,18)/t8-/m0/s1. The Morgan fingerprint density at radius 2 is 2.11 bits per heavy atom. The highest BCUT2D eigenvalue weighted by Gasteiger charge is 2.34. The molecule has 0 saturated heterocycles. The van der Waals surface area contributed by atoms with E-state index in [-0.39, 0.29) is 12.1 Å². The van der Waals surface area contributed by atoms with Crippen LogP contribution in [0.2, 0.25) is 0 Å². The first-order valence-corrected chi connectivity index (χ1v) is 5.68. The number of hydrogen-bond acceptors (Lipinski definition) is 3. The van der Waals surface area contributed by atoms with Gasteiger partial charge in [-0.1, -0.05) is 6.07 Å². The predicted octanol–water partition coefficient (Wildman–Crippen LogP) is 2.49. The molecule has 1 heterocycles. The maximum Gasteiger partial charge on any atom is 0.419 e. The van der Waals surface area contributed by atoms with E-state index in [1.54, 1.807) is 0 Å². The van der Waals surface area contributed by atoms with Crippen LogP contribution in [0.4, 0.5) is 17.6 Å². The predicted molar refractivity (Wildman–Crippen MR) is 61.1 cm³/mol. The van der Waals surface area contributed by atoms with Crippen LogP contribution in [-0.4, -0.2) is 18.7 Å². The van der Waals surface area contributed by atoms with Gasteiger partial charge in [0.2, 0.25) is 0 Å². The van der Waals surface area contributed by atoms with Crippen LogP contribution in [0.5, 0.6) is 0 Å². The monoisotopic (exact) mass is 276 g/mol. The summed E-state index contributed by atoms with van der Waals surface area (Å²) >= 11 is 0. The van der Waals surface area contributed by atoms with Crippen molar-refractivity contribution in [2.24, 2.45) is 10.7 Å². The lowest BCUT2D eigenvalue weighted by molar-refractivity contribution is -0.140. The van der Waals surface area contributed by atoms with Crippen LogP contribution >= 0.6 is 0 Å². The quantitative estimate of drug-likeness (QED) is 0.862. The molecule has 1 aliphatic heterocycles. The molecule has 104 valence electrons. The molecule has 0 amide bonds. The summed E-state index contributed by atoms with van der Waals surface area (Å²) in [5, 5.41) is 0. The second-order valence-electron chi connectivity index (χ2n) is 4.28. The van der Waals surface area contributed by atoms with Gasteiger partial charge < -0.3 is 10.5 Å². The Kier molecular flexibility index (Phi) is 3.64. The Labute approximate surface area is 107 Å². The molecular weight excluding hydrogens is 264 g/mol. The van der Waals surface area contributed by atoms with E-state index >= 15 is 0 Å². The van der Waals surface area contributed by atoms with Crippen LogP contribution in [0, 0.1) is 5.82 Å². The number of alkyl halides is 3. The van der Waals surface area contributed by atoms with E-state index in [2.05, 4.69) is 4.99 Å². The third-order valence-corrected chi connectivity index (χ3v) is 2.84. The molecule has 0 unspecified atom stereocenters. The Balaban J connectivity index is 2.05. The molecule has 1 aromatic rings. The van der Waals surface area contributed by atoms with E-state index in [0.29, 0.717) is 25.0 Å². The van der Waals surface area contributed by atoms with Gasteiger partial charge in [-0.3, -0.25) is 0 Å². The van der Waals surface area contributed by atoms with E-state index in [1.165, 1.54) is 6.07 Å². The molecule has 2 N–H and O–H groups in total. The smallest absolute Gasteiger partial charge is 0.419 e. The minimum atomic E-state index is -4.68. The maximum atomic E-state index is 13.1. The van der Waals surface area contributed by atoms with Crippen LogP contribution in [0.25, 0.3) is 0 Å². The Morgan fingerprint density at radius 1 is 1.37 bits per heavy atom. The van der Waals surface area contributed by atoms with Crippen molar-refractivity contribution in [2.45, 2.75) is 25.1 Å². The Bertz CT molecular complexity index is 499. The molecule has 0 bridgehead atoms. The number of halogens is 4. The molecule has 1 atom stereocenters. The number of rotatable bonds is 3. The minimum Gasteiger partial charge on any atom is -0.463 e. The molecule has 1 aliphatic rings. The van der Waals surface area contributed by atoms with Crippen LogP contribution in [0.3, 0.4) is 0 Å². The fourth-order valence-corrected chi connectivity index (χ4v) is 1.86. The lowest BCUT2D eigenvalue weighted by Gasteiger charge is -2.10. The van der Waals surface area contributed by atoms with Gasteiger partial charge in [0.1, 0.15) is 12.4 Å². The molecule has 0 fully saturated rings. The van der Waals surface area contributed by atoms with Crippen molar-refractivity contribution in [3.63, 3.8) is 0 Å². The first-order valence-electron chi connectivity index (χ1n) is 5.68. The average molecular weight is 276 g/mol. The van der Waals surface area contributed by atoms with Gasteiger partial charge in [0.15, 0.2) is 0 Å². The summed E-state index contributed by atoms with van der Waals surface area (Å²) in [4.78, 5) is 3.97. The van der Waals surface area contributed by atoms with Gasteiger partial charge in [-0.25, -0.2) is 9.38 Å². The normalized spacial score (nSPS) is 19.2. The third kappa shape index (κ3) is 3.36. The maximum absolute atomic E-state index is 13.1. The highest BCUT2D eigenvalue weighted by atomic mass is 19.4. The largest absolute Gasteiger partial charge is 0.463 e. The molecule has 2 rings (SSSR count). The SMILES string of the molecule is NC1=N[C@@H](CCc2ccc(F)c(C(F)(F)F)c2)CO1. The molecule has 0 radical (unpaired) electrons. The number of nitrogens with two attached hydrogens (primary N) is 1. The zero-order chi connectivity index (χ0) is 14.0. The average Bonchev–Trinajstić information content (AvgIpc) is 2.72. The molecule has 0 spiro atoms. The number of ether oxygens (including phenoxy) is 1. The zero-order valence-electron chi connectivity index (χ0n) is 9.88. The van der Waals surface area contributed by atoms with Gasteiger partial charge in [-0.05, 0) is 30.5 Å². The molecule has 0 saturated carbocycles. The van der Waals surface area contributed by atoms with Gasteiger partial charge in [-0.15, -0.1) is 0 Å².